The third-order valence-corrected chi connectivity index (χ3v) is 5.09. The maximum atomic E-state index is 14.5. The molecule has 4 rings (SSSR count). The number of aromatic nitrogens is 2. The highest BCUT2D eigenvalue weighted by Crippen LogP contribution is 2.38. The number of aryl methyl sites for hydroxylation is 1. The van der Waals surface area contributed by atoms with Crippen LogP contribution in [-0.2, 0) is 6.54 Å². The van der Waals surface area contributed by atoms with Crippen molar-refractivity contribution in [3.63, 3.8) is 0 Å². The van der Waals surface area contributed by atoms with Crippen molar-refractivity contribution < 1.29 is 17.9 Å². The quantitative estimate of drug-likeness (QED) is 0.343. The number of oxazole rings is 1. The van der Waals surface area contributed by atoms with Crippen LogP contribution in [0.2, 0.25) is 0 Å². The lowest BCUT2D eigenvalue weighted by molar-refractivity contribution is 0.414. The number of benzene rings is 2. The van der Waals surface area contributed by atoms with E-state index in [4.69, 9.17) is 9.15 Å². The maximum absolute atomic E-state index is 14.5. The van der Waals surface area contributed by atoms with Crippen molar-refractivity contribution in [3.05, 3.63) is 82.3 Å². The number of pyridine rings is 1. The van der Waals surface area contributed by atoms with Gasteiger partial charge in [-0.15, -0.1) is 0 Å². The van der Waals surface area contributed by atoms with Crippen molar-refractivity contribution in [2.24, 2.45) is 0 Å². The molecule has 158 valence electrons. The molecular formula is C23H18BrF2N3O2. The van der Waals surface area contributed by atoms with Crippen LogP contribution in [0.1, 0.15) is 11.5 Å². The number of hydrogen-bond acceptors (Lipinski definition) is 5. The molecule has 0 atom stereocenters. The van der Waals surface area contributed by atoms with Gasteiger partial charge in [-0.1, -0.05) is 18.2 Å². The summed E-state index contributed by atoms with van der Waals surface area (Å²) in [6, 6.07) is 13.4. The summed E-state index contributed by atoms with van der Waals surface area (Å²) in [6.07, 6.45) is 1.65. The lowest BCUT2D eigenvalue weighted by Crippen LogP contribution is -2.04. The molecule has 0 amide bonds. The van der Waals surface area contributed by atoms with E-state index in [-0.39, 0.29) is 11.3 Å². The van der Waals surface area contributed by atoms with Gasteiger partial charge in [-0.3, -0.25) is 0 Å². The number of rotatable bonds is 6. The predicted octanol–water partition coefficient (Wildman–Crippen LogP) is 6.37. The van der Waals surface area contributed by atoms with Crippen molar-refractivity contribution >= 4 is 21.7 Å². The third-order valence-electron chi connectivity index (χ3n) is 4.66. The normalized spacial score (nSPS) is 10.9. The summed E-state index contributed by atoms with van der Waals surface area (Å²) in [5.74, 6) is -0.175. The van der Waals surface area contributed by atoms with Crippen molar-refractivity contribution in [1.82, 2.24) is 9.97 Å². The number of halogens is 3. The lowest BCUT2D eigenvalue weighted by atomic mass is 10.1. The molecule has 0 saturated carbocycles. The number of anilines is 1. The molecule has 2 aromatic heterocycles. The van der Waals surface area contributed by atoms with Crippen molar-refractivity contribution in [2.45, 2.75) is 13.5 Å². The zero-order valence-electron chi connectivity index (χ0n) is 16.7. The van der Waals surface area contributed by atoms with Gasteiger partial charge >= 0.3 is 0 Å². The first-order valence-corrected chi connectivity index (χ1v) is 10.2. The van der Waals surface area contributed by atoms with E-state index in [0.29, 0.717) is 34.0 Å². The molecule has 2 aromatic carbocycles. The minimum absolute atomic E-state index is 0.00307. The first-order chi connectivity index (χ1) is 15.0. The highest BCUT2D eigenvalue weighted by Gasteiger charge is 2.23. The molecule has 0 aliphatic rings. The standard InChI is InChI=1S/C23H18BrF2N3O2/c1-13-29-21(22(31-13)17-4-3-5-19(25)20(17)26)18-10-15(24)12-28-23(18)27-11-14-6-8-16(30-2)9-7-14/h3-10,12H,11H2,1-2H3,(H,27,28). The molecule has 0 bridgehead atoms. The SMILES string of the molecule is COc1ccc(CNc2ncc(Br)cc2-c2nc(C)oc2-c2cccc(F)c2F)cc1. The largest absolute Gasteiger partial charge is 0.497 e. The van der Waals surface area contributed by atoms with Crippen molar-refractivity contribution in [1.29, 1.82) is 0 Å². The van der Waals surface area contributed by atoms with Gasteiger partial charge in [0.05, 0.1) is 12.7 Å². The van der Waals surface area contributed by atoms with Gasteiger partial charge in [0.1, 0.15) is 17.3 Å². The molecule has 0 aliphatic heterocycles. The summed E-state index contributed by atoms with van der Waals surface area (Å²) in [5.41, 5.74) is 1.98. The Balaban J connectivity index is 1.73. The second-order valence-corrected chi connectivity index (χ2v) is 7.68. The lowest BCUT2D eigenvalue weighted by Gasteiger charge is -2.12. The van der Waals surface area contributed by atoms with Gasteiger partial charge in [0, 0.05) is 29.7 Å². The van der Waals surface area contributed by atoms with Gasteiger partial charge in [-0.05, 0) is 51.8 Å². The fourth-order valence-electron chi connectivity index (χ4n) is 3.16. The molecular weight excluding hydrogens is 468 g/mol. The average molecular weight is 486 g/mol. The van der Waals surface area contributed by atoms with Gasteiger partial charge in [0.2, 0.25) is 0 Å². The summed E-state index contributed by atoms with van der Waals surface area (Å²) in [4.78, 5) is 8.89. The fourth-order valence-corrected chi connectivity index (χ4v) is 3.49. The number of methoxy groups -OCH3 is 1. The molecule has 1 N–H and O–H groups in total. The molecule has 31 heavy (non-hydrogen) atoms. The maximum Gasteiger partial charge on any atom is 0.192 e. The predicted molar refractivity (Wildman–Crippen MR) is 118 cm³/mol. The van der Waals surface area contributed by atoms with E-state index < -0.39 is 11.6 Å². The molecule has 8 heteroatoms. The highest BCUT2D eigenvalue weighted by atomic mass is 79.9. The minimum atomic E-state index is -0.990. The zero-order chi connectivity index (χ0) is 22.0. The van der Waals surface area contributed by atoms with Gasteiger partial charge in [0.25, 0.3) is 0 Å². The number of hydrogen-bond donors (Lipinski definition) is 1. The Hall–Kier alpha value is -3.26. The van der Waals surface area contributed by atoms with Crippen molar-refractivity contribution in [2.75, 3.05) is 12.4 Å². The van der Waals surface area contributed by atoms with E-state index in [0.717, 1.165) is 17.4 Å². The van der Waals surface area contributed by atoms with E-state index >= 15 is 0 Å². The molecule has 0 radical (unpaired) electrons. The van der Waals surface area contributed by atoms with Crippen LogP contribution < -0.4 is 10.1 Å². The minimum Gasteiger partial charge on any atom is -0.497 e. The molecule has 0 aliphatic carbocycles. The summed E-state index contributed by atoms with van der Waals surface area (Å²) >= 11 is 3.42. The van der Waals surface area contributed by atoms with Crippen LogP contribution in [0.15, 0.2) is 63.6 Å². The number of nitrogens with one attached hydrogen (secondary N) is 1. The molecule has 2 heterocycles. The van der Waals surface area contributed by atoms with Gasteiger partial charge in [-0.25, -0.2) is 18.7 Å². The van der Waals surface area contributed by atoms with Gasteiger partial charge < -0.3 is 14.5 Å². The van der Waals surface area contributed by atoms with E-state index in [1.807, 2.05) is 24.3 Å². The summed E-state index contributed by atoms with van der Waals surface area (Å²) in [6.45, 7) is 2.15. The van der Waals surface area contributed by atoms with Crippen LogP contribution in [-0.4, -0.2) is 17.1 Å². The topological polar surface area (TPSA) is 60.2 Å². The summed E-state index contributed by atoms with van der Waals surface area (Å²) < 4.78 is 39.9. The van der Waals surface area contributed by atoms with E-state index in [2.05, 4.69) is 31.2 Å². The Morgan fingerprint density at radius 3 is 2.61 bits per heavy atom. The Morgan fingerprint density at radius 2 is 1.87 bits per heavy atom. The van der Waals surface area contributed by atoms with Crippen LogP contribution in [0.4, 0.5) is 14.6 Å². The van der Waals surface area contributed by atoms with Gasteiger partial charge in [0.15, 0.2) is 23.3 Å². The number of nitrogens with zero attached hydrogens (tertiary/aromatic N) is 2. The molecule has 0 unspecified atom stereocenters. The Labute approximate surface area is 186 Å². The van der Waals surface area contributed by atoms with E-state index in [1.165, 1.54) is 12.1 Å². The number of ether oxygens (including phenoxy) is 1. The summed E-state index contributed by atoms with van der Waals surface area (Å²) in [5, 5.41) is 3.28. The average Bonchev–Trinajstić information content (AvgIpc) is 3.16. The highest BCUT2D eigenvalue weighted by molar-refractivity contribution is 9.10. The fraction of sp³-hybridized carbons (Fsp3) is 0.130. The molecule has 0 saturated heterocycles. The van der Waals surface area contributed by atoms with Gasteiger partial charge in [-0.2, -0.15) is 0 Å². The smallest absolute Gasteiger partial charge is 0.192 e. The van der Waals surface area contributed by atoms with Crippen LogP contribution in [0, 0.1) is 18.6 Å². The Bertz CT molecular complexity index is 1230. The second kappa shape index (κ2) is 8.85. The first kappa shape index (κ1) is 21.0. The zero-order valence-corrected chi connectivity index (χ0v) is 18.3. The van der Waals surface area contributed by atoms with Crippen LogP contribution >= 0.6 is 15.9 Å². The Kier molecular flexibility index (Phi) is 5.99. The second-order valence-electron chi connectivity index (χ2n) is 6.76. The van der Waals surface area contributed by atoms with Crippen molar-refractivity contribution in [3.8, 4) is 28.3 Å². The van der Waals surface area contributed by atoms with Crippen LogP contribution in [0.25, 0.3) is 22.6 Å². The third kappa shape index (κ3) is 4.44. The van der Waals surface area contributed by atoms with E-state index in [1.54, 1.807) is 26.3 Å². The summed E-state index contributed by atoms with van der Waals surface area (Å²) in [7, 11) is 1.62. The van der Waals surface area contributed by atoms with E-state index in [9.17, 15) is 8.78 Å². The molecule has 5 nitrogen and oxygen atoms in total. The van der Waals surface area contributed by atoms with Crippen LogP contribution in [0.3, 0.4) is 0 Å². The first-order valence-electron chi connectivity index (χ1n) is 9.41. The molecule has 4 aromatic rings. The monoisotopic (exact) mass is 485 g/mol. The molecule has 0 fully saturated rings. The molecule has 0 spiro atoms. The van der Waals surface area contributed by atoms with Crippen LogP contribution in [0.5, 0.6) is 5.75 Å². The Morgan fingerprint density at radius 1 is 1.10 bits per heavy atom.